The second-order valence-electron chi connectivity index (χ2n) is 7.19. The van der Waals surface area contributed by atoms with Gasteiger partial charge in [-0.2, -0.15) is 0 Å². The fourth-order valence-corrected chi connectivity index (χ4v) is 2.89. The van der Waals surface area contributed by atoms with Gasteiger partial charge in [0.15, 0.2) is 0 Å². The minimum atomic E-state index is -0.183. The van der Waals surface area contributed by atoms with Crippen LogP contribution in [0.3, 0.4) is 0 Å². The first-order valence-corrected chi connectivity index (χ1v) is 8.68. The maximum Gasteiger partial charge on any atom is 0.0772 e. The minimum Gasteiger partial charge on any atom is -0.393 e. The lowest BCUT2D eigenvalue weighted by molar-refractivity contribution is -0.00547. The zero-order valence-electron chi connectivity index (χ0n) is 15.0. The van der Waals surface area contributed by atoms with Crippen LogP contribution >= 0.6 is 0 Å². The number of aliphatic hydroxyl groups is 1. The van der Waals surface area contributed by atoms with Crippen molar-refractivity contribution in [2.45, 2.75) is 64.4 Å². The summed E-state index contributed by atoms with van der Waals surface area (Å²) in [6.45, 7) is 10.2. The number of aliphatic hydroxyl groups excluding tert-OH is 1. The summed E-state index contributed by atoms with van der Waals surface area (Å²) in [4.78, 5) is 2.44. The maximum atomic E-state index is 9.64. The molecule has 4 heteroatoms. The molecule has 2 N–H and O–H groups in total. The monoisotopic (exact) mass is 320 g/mol. The normalized spacial score (nSPS) is 19.0. The lowest BCUT2D eigenvalue weighted by atomic mass is 9.99. The van der Waals surface area contributed by atoms with E-state index in [1.807, 2.05) is 0 Å². The summed E-state index contributed by atoms with van der Waals surface area (Å²) >= 11 is 0. The number of piperidine rings is 1. The summed E-state index contributed by atoms with van der Waals surface area (Å²) in [5.41, 5.74) is 2.54. The van der Waals surface area contributed by atoms with E-state index in [-0.39, 0.29) is 17.7 Å². The van der Waals surface area contributed by atoms with Gasteiger partial charge in [-0.3, -0.25) is 4.90 Å². The van der Waals surface area contributed by atoms with Crippen LogP contribution in [0.25, 0.3) is 0 Å². The van der Waals surface area contributed by atoms with E-state index in [1.165, 1.54) is 11.1 Å². The molecular weight excluding hydrogens is 288 g/mol. The third-order valence-electron chi connectivity index (χ3n) is 5.24. The van der Waals surface area contributed by atoms with E-state index in [0.29, 0.717) is 0 Å². The minimum absolute atomic E-state index is 0.111. The van der Waals surface area contributed by atoms with Crippen molar-refractivity contribution in [2.24, 2.45) is 0 Å². The topological polar surface area (TPSA) is 44.7 Å². The Kier molecular flexibility index (Phi) is 6.60. The van der Waals surface area contributed by atoms with Crippen LogP contribution in [-0.2, 0) is 17.8 Å². The molecule has 0 spiro atoms. The third kappa shape index (κ3) is 5.28. The molecule has 0 bridgehead atoms. The molecule has 1 fully saturated rings. The summed E-state index contributed by atoms with van der Waals surface area (Å²) in [5, 5.41) is 13.2. The maximum absolute atomic E-state index is 9.64. The molecule has 1 aliphatic heterocycles. The van der Waals surface area contributed by atoms with Crippen LogP contribution in [0.5, 0.6) is 0 Å². The van der Waals surface area contributed by atoms with Gasteiger partial charge in [-0.25, -0.2) is 0 Å². The molecule has 1 unspecified atom stereocenters. The molecule has 1 aromatic carbocycles. The third-order valence-corrected chi connectivity index (χ3v) is 5.24. The number of rotatable bonds is 7. The fraction of sp³-hybridized carbons (Fsp3) is 0.684. The van der Waals surface area contributed by atoms with Gasteiger partial charge in [0.1, 0.15) is 0 Å². The Morgan fingerprint density at radius 1 is 1.26 bits per heavy atom. The highest BCUT2D eigenvalue weighted by atomic mass is 16.5. The lowest BCUT2D eigenvalue weighted by Gasteiger charge is -2.32. The van der Waals surface area contributed by atoms with Crippen molar-refractivity contribution in [1.82, 2.24) is 10.2 Å². The zero-order chi connectivity index (χ0) is 16.9. The molecular formula is C19H32N2O2. The highest BCUT2D eigenvalue weighted by Crippen LogP contribution is 2.18. The van der Waals surface area contributed by atoms with Crippen molar-refractivity contribution < 1.29 is 9.84 Å². The average molecular weight is 320 g/mol. The van der Waals surface area contributed by atoms with E-state index in [0.717, 1.165) is 39.0 Å². The van der Waals surface area contributed by atoms with Gasteiger partial charge < -0.3 is 15.2 Å². The molecule has 1 heterocycles. The van der Waals surface area contributed by atoms with E-state index in [9.17, 15) is 5.11 Å². The fourth-order valence-electron chi connectivity index (χ4n) is 2.89. The molecule has 0 amide bonds. The number of likely N-dealkylation sites (tertiary alicyclic amines) is 1. The number of methoxy groups -OCH3 is 1. The van der Waals surface area contributed by atoms with Gasteiger partial charge in [-0.15, -0.1) is 0 Å². The molecule has 0 aromatic heterocycles. The quantitative estimate of drug-likeness (QED) is 0.810. The molecule has 1 saturated heterocycles. The lowest BCUT2D eigenvalue weighted by Crippen LogP contribution is -2.45. The predicted molar refractivity (Wildman–Crippen MR) is 94.3 cm³/mol. The number of hydrogen-bond acceptors (Lipinski definition) is 4. The first kappa shape index (κ1) is 18.4. The first-order chi connectivity index (χ1) is 10.9. The molecule has 0 radical (unpaired) electrons. The Bertz CT molecular complexity index is 482. The number of nitrogens with one attached hydrogen (secondary N) is 1. The SMILES string of the molecule is COC(C)(C)C(C)NCc1ccccc1CN1CCC(O)CC1. The summed E-state index contributed by atoms with van der Waals surface area (Å²) in [5.74, 6) is 0. The molecule has 2 rings (SSSR count). The summed E-state index contributed by atoms with van der Waals surface area (Å²) in [6, 6.07) is 8.90. The Morgan fingerprint density at radius 2 is 1.87 bits per heavy atom. The second kappa shape index (κ2) is 8.25. The second-order valence-corrected chi connectivity index (χ2v) is 7.19. The Hall–Kier alpha value is -0.940. The van der Waals surface area contributed by atoms with Crippen molar-refractivity contribution >= 4 is 0 Å². The highest BCUT2D eigenvalue weighted by Gasteiger charge is 2.25. The predicted octanol–water partition coefficient (Wildman–Crippen LogP) is 2.55. The molecule has 0 aliphatic carbocycles. The smallest absolute Gasteiger partial charge is 0.0772 e. The molecule has 23 heavy (non-hydrogen) atoms. The standard InChI is InChI=1S/C19H32N2O2/c1-15(19(2,3)23-4)20-13-16-7-5-6-8-17(16)14-21-11-9-18(22)10-12-21/h5-8,15,18,20,22H,9-14H2,1-4H3. The summed E-state index contributed by atoms with van der Waals surface area (Å²) in [6.07, 6.45) is 1.67. The Morgan fingerprint density at radius 3 is 2.48 bits per heavy atom. The average Bonchev–Trinajstić information content (AvgIpc) is 2.55. The molecule has 1 atom stereocenters. The number of nitrogens with zero attached hydrogens (tertiary/aromatic N) is 1. The zero-order valence-corrected chi connectivity index (χ0v) is 15.0. The van der Waals surface area contributed by atoms with Crippen molar-refractivity contribution in [1.29, 1.82) is 0 Å². The van der Waals surface area contributed by atoms with Crippen LogP contribution in [0.4, 0.5) is 0 Å². The summed E-state index contributed by atoms with van der Waals surface area (Å²) in [7, 11) is 1.76. The molecule has 130 valence electrons. The molecule has 0 saturated carbocycles. The summed E-state index contributed by atoms with van der Waals surface area (Å²) < 4.78 is 5.56. The van der Waals surface area contributed by atoms with E-state index in [2.05, 4.69) is 55.3 Å². The van der Waals surface area contributed by atoms with Crippen LogP contribution in [0.2, 0.25) is 0 Å². The van der Waals surface area contributed by atoms with Crippen LogP contribution < -0.4 is 5.32 Å². The van der Waals surface area contributed by atoms with Gasteiger partial charge >= 0.3 is 0 Å². The van der Waals surface area contributed by atoms with Gasteiger partial charge in [0.05, 0.1) is 11.7 Å². The van der Waals surface area contributed by atoms with Gasteiger partial charge in [0, 0.05) is 39.3 Å². The van der Waals surface area contributed by atoms with Crippen LogP contribution in [0, 0.1) is 0 Å². The molecule has 4 nitrogen and oxygen atoms in total. The van der Waals surface area contributed by atoms with Gasteiger partial charge in [0.25, 0.3) is 0 Å². The van der Waals surface area contributed by atoms with E-state index < -0.39 is 0 Å². The molecule has 1 aliphatic rings. The van der Waals surface area contributed by atoms with Gasteiger partial charge in [0.2, 0.25) is 0 Å². The number of benzene rings is 1. The number of ether oxygens (including phenoxy) is 1. The van der Waals surface area contributed by atoms with Crippen molar-refractivity contribution in [2.75, 3.05) is 20.2 Å². The van der Waals surface area contributed by atoms with Gasteiger partial charge in [-0.1, -0.05) is 24.3 Å². The Balaban J connectivity index is 1.95. The highest BCUT2D eigenvalue weighted by molar-refractivity contribution is 5.27. The molecule has 1 aromatic rings. The van der Waals surface area contributed by atoms with Crippen LogP contribution in [0.15, 0.2) is 24.3 Å². The number of hydrogen-bond donors (Lipinski definition) is 2. The van der Waals surface area contributed by atoms with E-state index in [4.69, 9.17) is 4.74 Å². The van der Waals surface area contributed by atoms with Crippen LogP contribution in [-0.4, -0.2) is 48.0 Å². The largest absolute Gasteiger partial charge is 0.393 e. The van der Waals surface area contributed by atoms with Crippen molar-refractivity contribution in [3.8, 4) is 0 Å². The van der Waals surface area contributed by atoms with Crippen molar-refractivity contribution in [3.05, 3.63) is 35.4 Å². The van der Waals surface area contributed by atoms with Gasteiger partial charge in [-0.05, 0) is 44.7 Å². The first-order valence-electron chi connectivity index (χ1n) is 8.68. The van der Waals surface area contributed by atoms with Crippen LogP contribution in [0.1, 0.15) is 44.7 Å². The van der Waals surface area contributed by atoms with Crippen molar-refractivity contribution in [3.63, 3.8) is 0 Å². The Labute approximate surface area is 140 Å². The van der Waals surface area contributed by atoms with E-state index >= 15 is 0 Å². The van der Waals surface area contributed by atoms with E-state index in [1.54, 1.807) is 7.11 Å².